The molecule has 0 saturated carbocycles. The zero-order valence-corrected chi connectivity index (χ0v) is 30.7. The molecule has 14 heteroatoms. The lowest BCUT2D eigenvalue weighted by molar-refractivity contribution is 0.102. The number of carbonyl (C=O) groups is 1. The lowest BCUT2D eigenvalue weighted by Gasteiger charge is -2.22. The first-order chi connectivity index (χ1) is 25.7. The molecule has 3 heterocycles. The van der Waals surface area contributed by atoms with Crippen LogP contribution in [-0.4, -0.2) is 79.2 Å². The molecule has 1 amide bonds. The Morgan fingerprint density at radius 1 is 0.792 bits per heavy atom. The Morgan fingerprint density at radius 2 is 1.57 bits per heavy atom. The summed E-state index contributed by atoms with van der Waals surface area (Å²) in [6.45, 7) is 3.85. The zero-order chi connectivity index (χ0) is 36.9. The fourth-order valence-electron chi connectivity index (χ4n) is 6.01. The van der Waals surface area contributed by atoms with Gasteiger partial charge in [0.25, 0.3) is 5.91 Å². The number of nitrogens with zero attached hydrogens (tertiary/aromatic N) is 8. The van der Waals surface area contributed by atoms with Gasteiger partial charge in [-0.2, -0.15) is 5.10 Å². The maximum Gasteiger partial charge on any atom is 0.255 e. The van der Waals surface area contributed by atoms with Gasteiger partial charge in [0.2, 0.25) is 0 Å². The Balaban J connectivity index is 0.917. The normalized spacial score (nSPS) is 11.5. The predicted octanol–water partition coefficient (Wildman–Crippen LogP) is 7.39. The van der Waals surface area contributed by atoms with Gasteiger partial charge >= 0.3 is 0 Å². The van der Waals surface area contributed by atoms with Crippen molar-refractivity contribution in [3.63, 3.8) is 0 Å². The highest BCUT2D eigenvalue weighted by atomic mass is 35.5. The van der Waals surface area contributed by atoms with Gasteiger partial charge in [-0.3, -0.25) is 4.79 Å². The molecular formula is C39H37Cl2N11O. The minimum atomic E-state index is -0.202. The van der Waals surface area contributed by atoms with Crippen LogP contribution in [0.15, 0.2) is 104 Å². The summed E-state index contributed by atoms with van der Waals surface area (Å²) in [5.41, 5.74) is 12.5. The maximum atomic E-state index is 13.2. The molecule has 0 aliphatic carbocycles. The molecule has 0 unspecified atom stereocenters. The van der Waals surface area contributed by atoms with Crippen LogP contribution in [0.25, 0.3) is 33.2 Å². The van der Waals surface area contributed by atoms with Crippen LogP contribution in [0, 0.1) is 0 Å². The molecule has 12 nitrogen and oxygen atoms in total. The number of hydrogen-bond acceptors (Lipinski definition) is 10. The first-order valence-corrected chi connectivity index (χ1v) is 17.7. The summed E-state index contributed by atoms with van der Waals surface area (Å²) in [6, 6.07) is 28.1. The molecule has 0 saturated heterocycles. The fourth-order valence-corrected chi connectivity index (χ4v) is 6.32. The number of fused-ring (bicyclic) bond motifs is 2. The number of anilines is 4. The van der Waals surface area contributed by atoms with Crippen LogP contribution in [0.1, 0.15) is 15.9 Å². The van der Waals surface area contributed by atoms with Crippen molar-refractivity contribution in [2.24, 2.45) is 0 Å². The summed E-state index contributed by atoms with van der Waals surface area (Å²) in [4.78, 5) is 35.2. The summed E-state index contributed by atoms with van der Waals surface area (Å²) in [5.74, 6) is 0.809. The largest absolute Gasteiger partial charge is 0.383 e. The van der Waals surface area contributed by atoms with E-state index in [9.17, 15) is 4.79 Å². The van der Waals surface area contributed by atoms with Crippen molar-refractivity contribution in [2.75, 3.05) is 50.1 Å². The highest BCUT2D eigenvalue weighted by Gasteiger charge is 2.18. The van der Waals surface area contributed by atoms with Crippen LogP contribution in [0.5, 0.6) is 0 Å². The number of nitrogens with one attached hydrogen (secondary N) is 2. The monoisotopic (exact) mass is 745 g/mol. The molecular weight excluding hydrogens is 709 g/mol. The first-order valence-electron chi connectivity index (χ1n) is 17.0. The van der Waals surface area contributed by atoms with Crippen LogP contribution in [-0.2, 0) is 13.1 Å². The number of rotatable bonds is 13. The Bertz CT molecular complexity index is 2380. The van der Waals surface area contributed by atoms with Gasteiger partial charge in [0.15, 0.2) is 5.65 Å². The van der Waals surface area contributed by atoms with Gasteiger partial charge in [-0.15, -0.1) is 0 Å². The highest BCUT2D eigenvalue weighted by molar-refractivity contribution is 6.31. The van der Waals surface area contributed by atoms with Gasteiger partial charge in [0.1, 0.15) is 30.0 Å². The van der Waals surface area contributed by atoms with Gasteiger partial charge < -0.3 is 26.2 Å². The lowest BCUT2D eigenvalue weighted by Crippen LogP contribution is -2.32. The lowest BCUT2D eigenvalue weighted by atomic mass is 10.1. The van der Waals surface area contributed by atoms with E-state index >= 15 is 0 Å². The Kier molecular flexibility index (Phi) is 10.7. The number of nitrogen functional groups attached to an aromatic ring is 1. The van der Waals surface area contributed by atoms with Gasteiger partial charge in [-0.25, -0.2) is 24.6 Å². The first kappa shape index (κ1) is 35.7. The van der Waals surface area contributed by atoms with E-state index < -0.39 is 0 Å². The van der Waals surface area contributed by atoms with Crippen molar-refractivity contribution in [3.8, 4) is 11.3 Å². The number of aromatic nitrogens is 6. The number of carbonyl (C=O) groups excluding carboxylic acids is 1. The molecule has 0 aliphatic rings. The molecule has 0 aliphatic heterocycles. The van der Waals surface area contributed by atoms with Crippen LogP contribution in [0.4, 0.5) is 23.0 Å². The number of benzene rings is 4. The van der Waals surface area contributed by atoms with Crippen LogP contribution in [0.2, 0.25) is 10.0 Å². The summed E-state index contributed by atoms with van der Waals surface area (Å²) in [5, 5.41) is 13.9. The fraction of sp³-hybridized carbons (Fsp3) is 0.179. The summed E-state index contributed by atoms with van der Waals surface area (Å²) in [6.07, 6.45) is 2.97. The Morgan fingerprint density at radius 3 is 2.36 bits per heavy atom. The van der Waals surface area contributed by atoms with Gasteiger partial charge in [-0.05, 0) is 80.3 Å². The SMILES string of the molecule is CN(CCN(C)Cc1ccc(C(=O)Nc2ccc3ncnc(Nc4cccc(Cl)c4)c3c2)cc1)CCn1nc(-c2ccc(Cl)cc2)c2c(N)ncnc21. The molecule has 4 N–H and O–H groups in total. The Labute approximate surface area is 316 Å². The van der Waals surface area contributed by atoms with Crippen LogP contribution in [0.3, 0.4) is 0 Å². The number of nitrogens with two attached hydrogens (primary N) is 1. The van der Waals surface area contributed by atoms with Crippen LogP contribution >= 0.6 is 23.2 Å². The topological polar surface area (TPSA) is 143 Å². The third kappa shape index (κ3) is 8.53. The molecule has 0 fully saturated rings. The van der Waals surface area contributed by atoms with Crippen LogP contribution < -0.4 is 16.4 Å². The molecule has 53 heavy (non-hydrogen) atoms. The van der Waals surface area contributed by atoms with E-state index in [4.69, 9.17) is 34.0 Å². The zero-order valence-electron chi connectivity index (χ0n) is 29.2. The number of likely N-dealkylation sites (N-methyl/N-ethyl adjacent to an activating group) is 2. The van der Waals surface area contributed by atoms with E-state index in [0.29, 0.717) is 45.1 Å². The minimum absolute atomic E-state index is 0.202. The smallest absolute Gasteiger partial charge is 0.255 e. The van der Waals surface area contributed by atoms with Gasteiger partial charge in [-0.1, -0.05) is 53.5 Å². The summed E-state index contributed by atoms with van der Waals surface area (Å²) < 4.78 is 1.89. The second-order valence-electron chi connectivity index (χ2n) is 12.8. The van der Waals surface area contributed by atoms with Gasteiger partial charge in [0, 0.05) is 64.1 Å². The summed E-state index contributed by atoms with van der Waals surface area (Å²) >= 11 is 12.3. The van der Waals surface area contributed by atoms with Crippen molar-refractivity contribution in [1.82, 2.24) is 39.5 Å². The quantitative estimate of drug-likeness (QED) is 0.109. The summed E-state index contributed by atoms with van der Waals surface area (Å²) in [7, 11) is 4.18. The molecule has 7 aromatic rings. The van der Waals surface area contributed by atoms with Crippen molar-refractivity contribution >= 4 is 74.1 Å². The van der Waals surface area contributed by atoms with E-state index in [-0.39, 0.29) is 5.91 Å². The van der Waals surface area contributed by atoms with E-state index in [1.807, 2.05) is 95.7 Å². The van der Waals surface area contributed by atoms with E-state index in [2.05, 4.69) is 54.5 Å². The third-order valence-corrected chi connectivity index (χ3v) is 9.37. The van der Waals surface area contributed by atoms with Gasteiger partial charge in [0.05, 0.1) is 17.4 Å². The van der Waals surface area contributed by atoms with E-state index in [1.165, 1.54) is 12.7 Å². The second-order valence-corrected chi connectivity index (χ2v) is 13.7. The molecule has 0 atom stereocenters. The molecule has 7 rings (SSSR count). The highest BCUT2D eigenvalue weighted by Crippen LogP contribution is 2.31. The Hall–Kier alpha value is -5.66. The average molecular weight is 747 g/mol. The van der Waals surface area contributed by atoms with E-state index in [0.717, 1.165) is 65.0 Å². The maximum absolute atomic E-state index is 13.2. The average Bonchev–Trinajstić information content (AvgIpc) is 3.53. The molecule has 0 bridgehead atoms. The second kappa shape index (κ2) is 15.9. The molecule has 0 spiro atoms. The standard InChI is InChI=1S/C39H37Cl2N11O/c1-50(18-19-52-38-34(36(42)44-24-46-38)35(49-52)26-10-12-28(40)13-11-26)16-17-51(2)22-25-6-8-27(9-7-25)39(53)48-31-14-15-33-32(21-31)37(45-23-43-33)47-30-5-3-4-29(41)20-30/h3-15,20-21,23-24H,16-19,22H2,1-2H3,(H,48,53)(H2,42,44,46)(H,43,45,47). The third-order valence-electron chi connectivity index (χ3n) is 8.88. The molecule has 0 radical (unpaired) electrons. The molecule has 4 aromatic carbocycles. The number of amides is 1. The van der Waals surface area contributed by atoms with Crippen molar-refractivity contribution < 1.29 is 4.79 Å². The predicted molar refractivity (Wildman–Crippen MR) is 213 cm³/mol. The molecule has 3 aromatic heterocycles. The van der Waals surface area contributed by atoms with Crippen molar-refractivity contribution in [1.29, 1.82) is 0 Å². The number of hydrogen-bond donors (Lipinski definition) is 3. The van der Waals surface area contributed by atoms with Crippen molar-refractivity contribution in [3.05, 3.63) is 125 Å². The number of halogens is 2. The van der Waals surface area contributed by atoms with Crippen molar-refractivity contribution in [2.45, 2.75) is 13.1 Å². The molecule has 268 valence electrons. The van der Waals surface area contributed by atoms with E-state index in [1.54, 1.807) is 0 Å². The minimum Gasteiger partial charge on any atom is -0.383 e.